The zero-order valence-electron chi connectivity index (χ0n) is 8.81. The minimum absolute atomic E-state index is 0.198. The van der Waals surface area contributed by atoms with Gasteiger partial charge in [0.15, 0.2) is 0 Å². The van der Waals surface area contributed by atoms with Crippen LogP contribution in [0.1, 0.15) is 19.2 Å². The van der Waals surface area contributed by atoms with Crippen molar-refractivity contribution in [3.05, 3.63) is 18.2 Å². The number of hydrogen-bond acceptors (Lipinski definition) is 3. The molecule has 4 heteroatoms. The van der Waals surface area contributed by atoms with Crippen molar-refractivity contribution in [3.8, 4) is 0 Å². The Balaban J connectivity index is 2.23. The minimum atomic E-state index is -0.198. The molecule has 0 saturated heterocycles. The second kappa shape index (κ2) is 6.09. The van der Waals surface area contributed by atoms with E-state index in [1.807, 2.05) is 17.8 Å². The molecule has 80 valence electrons. The molecule has 3 nitrogen and oxygen atoms in total. The van der Waals surface area contributed by atoms with E-state index in [0.29, 0.717) is 0 Å². The molecule has 0 spiro atoms. The molecule has 0 fully saturated rings. The number of nitrogens with zero attached hydrogens (tertiary/aromatic N) is 2. The van der Waals surface area contributed by atoms with Gasteiger partial charge in [-0.2, -0.15) is 11.8 Å². The predicted octanol–water partition coefficient (Wildman–Crippen LogP) is 1.47. The van der Waals surface area contributed by atoms with Crippen LogP contribution in [0.3, 0.4) is 0 Å². The Morgan fingerprint density at radius 3 is 3.00 bits per heavy atom. The molecule has 1 N–H and O–H groups in total. The van der Waals surface area contributed by atoms with Gasteiger partial charge >= 0.3 is 0 Å². The Morgan fingerprint density at radius 1 is 1.64 bits per heavy atom. The monoisotopic (exact) mass is 214 g/mol. The van der Waals surface area contributed by atoms with Crippen LogP contribution in [0.25, 0.3) is 0 Å². The quantitative estimate of drug-likeness (QED) is 0.779. The lowest BCUT2D eigenvalue weighted by Crippen LogP contribution is -2.12. The third kappa shape index (κ3) is 3.72. The highest BCUT2D eigenvalue weighted by atomic mass is 32.2. The maximum Gasteiger partial charge on any atom is 0.108 e. The van der Waals surface area contributed by atoms with Crippen molar-refractivity contribution in [1.29, 1.82) is 0 Å². The summed E-state index contributed by atoms with van der Waals surface area (Å²) in [6.45, 7) is 2.11. The molecular weight excluding hydrogens is 196 g/mol. The Kier molecular flexibility index (Phi) is 5.04. The lowest BCUT2D eigenvalue weighted by molar-refractivity contribution is 0.188. The van der Waals surface area contributed by atoms with Crippen molar-refractivity contribution in [1.82, 2.24) is 9.55 Å². The van der Waals surface area contributed by atoms with E-state index in [1.54, 1.807) is 18.0 Å². The Morgan fingerprint density at radius 2 is 2.43 bits per heavy atom. The van der Waals surface area contributed by atoms with E-state index in [9.17, 15) is 5.11 Å². The van der Waals surface area contributed by atoms with Crippen molar-refractivity contribution in [3.63, 3.8) is 0 Å². The molecule has 0 saturated carbocycles. The van der Waals surface area contributed by atoms with Crippen molar-refractivity contribution < 1.29 is 5.11 Å². The maximum atomic E-state index is 9.61. The number of imidazole rings is 1. The van der Waals surface area contributed by atoms with Gasteiger partial charge in [-0.3, -0.25) is 0 Å². The van der Waals surface area contributed by atoms with Crippen LogP contribution in [0.15, 0.2) is 12.4 Å². The van der Waals surface area contributed by atoms with Gasteiger partial charge in [0.05, 0.1) is 6.10 Å². The van der Waals surface area contributed by atoms with Gasteiger partial charge in [-0.05, 0) is 12.2 Å². The summed E-state index contributed by atoms with van der Waals surface area (Å²) in [7, 11) is 1.98. The molecule has 1 aromatic heterocycles. The van der Waals surface area contributed by atoms with Crippen molar-refractivity contribution >= 4 is 11.8 Å². The highest BCUT2D eigenvalue weighted by Gasteiger charge is 2.06. The van der Waals surface area contributed by atoms with Gasteiger partial charge in [0.25, 0.3) is 0 Å². The topological polar surface area (TPSA) is 38.1 Å². The normalized spacial score (nSPS) is 13.1. The first-order chi connectivity index (χ1) is 6.74. The smallest absolute Gasteiger partial charge is 0.108 e. The second-order valence-corrected chi connectivity index (χ2v) is 4.63. The van der Waals surface area contributed by atoms with Gasteiger partial charge in [-0.25, -0.2) is 4.98 Å². The summed E-state index contributed by atoms with van der Waals surface area (Å²) in [5.41, 5.74) is 0. The van der Waals surface area contributed by atoms with Gasteiger partial charge < -0.3 is 9.67 Å². The molecule has 1 rings (SSSR count). The molecule has 0 amide bonds. The number of rotatable bonds is 6. The number of aryl methyl sites for hydroxylation is 2. The highest BCUT2D eigenvalue weighted by Crippen LogP contribution is 2.08. The van der Waals surface area contributed by atoms with Crippen LogP contribution in [-0.2, 0) is 13.5 Å². The molecule has 0 aliphatic rings. The number of aromatic nitrogens is 2. The van der Waals surface area contributed by atoms with Crippen molar-refractivity contribution in [2.45, 2.75) is 25.9 Å². The minimum Gasteiger partial charge on any atom is -0.392 e. The highest BCUT2D eigenvalue weighted by molar-refractivity contribution is 7.99. The van der Waals surface area contributed by atoms with Crippen molar-refractivity contribution in [2.75, 3.05) is 11.5 Å². The van der Waals surface area contributed by atoms with E-state index in [2.05, 4.69) is 11.9 Å². The predicted molar refractivity (Wildman–Crippen MR) is 60.5 cm³/mol. The zero-order chi connectivity index (χ0) is 10.4. The first-order valence-corrected chi connectivity index (χ1v) is 6.11. The lowest BCUT2D eigenvalue weighted by Gasteiger charge is -2.08. The fourth-order valence-electron chi connectivity index (χ4n) is 1.27. The zero-order valence-corrected chi connectivity index (χ0v) is 9.63. The third-order valence-electron chi connectivity index (χ3n) is 2.14. The summed E-state index contributed by atoms with van der Waals surface area (Å²) in [5, 5.41) is 9.61. The summed E-state index contributed by atoms with van der Waals surface area (Å²) in [6.07, 6.45) is 5.19. The SMILES string of the molecule is CCSCC(O)CCc1nccn1C. The van der Waals surface area contributed by atoms with Crippen LogP contribution in [0.5, 0.6) is 0 Å². The van der Waals surface area contributed by atoms with Crippen LogP contribution in [0.4, 0.5) is 0 Å². The average molecular weight is 214 g/mol. The largest absolute Gasteiger partial charge is 0.392 e. The molecular formula is C10H18N2OS. The average Bonchev–Trinajstić information content (AvgIpc) is 2.58. The molecule has 0 aromatic carbocycles. The molecule has 0 bridgehead atoms. The summed E-state index contributed by atoms with van der Waals surface area (Å²) < 4.78 is 2.00. The van der Waals surface area contributed by atoms with Gasteiger partial charge in [-0.1, -0.05) is 6.92 Å². The molecule has 1 unspecified atom stereocenters. The van der Waals surface area contributed by atoms with Crippen LogP contribution in [0, 0.1) is 0 Å². The van der Waals surface area contributed by atoms with E-state index in [1.165, 1.54) is 0 Å². The molecule has 1 aromatic rings. The summed E-state index contributed by atoms with van der Waals surface area (Å²) in [6, 6.07) is 0. The Hall–Kier alpha value is -0.480. The van der Waals surface area contributed by atoms with Crippen molar-refractivity contribution in [2.24, 2.45) is 7.05 Å². The van der Waals surface area contributed by atoms with Gasteiger partial charge in [0.1, 0.15) is 5.82 Å². The van der Waals surface area contributed by atoms with Gasteiger partial charge in [0, 0.05) is 31.6 Å². The summed E-state index contributed by atoms with van der Waals surface area (Å²) >= 11 is 1.78. The first-order valence-electron chi connectivity index (χ1n) is 4.96. The third-order valence-corrected chi connectivity index (χ3v) is 3.17. The second-order valence-electron chi connectivity index (χ2n) is 3.31. The molecule has 1 atom stereocenters. The summed E-state index contributed by atoms with van der Waals surface area (Å²) in [5.74, 6) is 2.95. The number of aliphatic hydroxyl groups excluding tert-OH is 1. The van der Waals surface area contributed by atoms with Crippen LogP contribution in [0.2, 0.25) is 0 Å². The fraction of sp³-hybridized carbons (Fsp3) is 0.700. The van der Waals surface area contributed by atoms with Gasteiger partial charge in [-0.15, -0.1) is 0 Å². The van der Waals surface area contributed by atoms with E-state index >= 15 is 0 Å². The van der Waals surface area contributed by atoms with E-state index in [4.69, 9.17) is 0 Å². The molecule has 1 heterocycles. The number of thioether (sulfide) groups is 1. The maximum absolute atomic E-state index is 9.61. The Labute approximate surface area is 89.5 Å². The number of hydrogen-bond donors (Lipinski definition) is 1. The molecule has 0 radical (unpaired) electrons. The van der Waals surface area contributed by atoms with E-state index < -0.39 is 0 Å². The van der Waals surface area contributed by atoms with Crippen LogP contribution >= 0.6 is 11.8 Å². The van der Waals surface area contributed by atoms with Crippen LogP contribution < -0.4 is 0 Å². The molecule has 0 aliphatic heterocycles. The lowest BCUT2D eigenvalue weighted by atomic mass is 10.2. The van der Waals surface area contributed by atoms with E-state index in [-0.39, 0.29) is 6.10 Å². The van der Waals surface area contributed by atoms with E-state index in [0.717, 1.165) is 30.2 Å². The fourth-order valence-corrected chi connectivity index (χ4v) is 1.94. The number of aliphatic hydroxyl groups is 1. The van der Waals surface area contributed by atoms with Crippen LogP contribution in [-0.4, -0.2) is 32.3 Å². The Bertz CT molecular complexity index is 262. The molecule has 0 aliphatic carbocycles. The standard InChI is InChI=1S/C10H18N2OS/c1-3-14-8-9(13)4-5-10-11-6-7-12(10)2/h6-7,9,13H,3-5,8H2,1-2H3. The summed E-state index contributed by atoms with van der Waals surface area (Å²) in [4.78, 5) is 4.21. The van der Waals surface area contributed by atoms with Gasteiger partial charge in [0.2, 0.25) is 0 Å². The molecule has 14 heavy (non-hydrogen) atoms. The first kappa shape index (κ1) is 11.6.